The molecule has 0 amide bonds. The molecule has 1 aliphatic heterocycles. The van der Waals surface area contributed by atoms with Crippen molar-refractivity contribution >= 4 is 29.3 Å². The minimum atomic E-state index is 0.520. The molecule has 32 heavy (non-hydrogen) atoms. The minimum Gasteiger partial charge on any atom is -0.467 e. The van der Waals surface area contributed by atoms with Crippen LogP contribution >= 0.6 is 23.4 Å². The van der Waals surface area contributed by atoms with E-state index in [1.165, 1.54) is 12.8 Å². The van der Waals surface area contributed by atoms with Gasteiger partial charge in [0.25, 0.3) is 0 Å². The number of rotatable bonds is 7. The highest BCUT2D eigenvalue weighted by Gasteiger charge is 2.23. The highest BCUT2D eigenvalue weighted by atomic mass is 35.5. The molecule has 3 aromatic heterocycles. The van der Waals surface area contributed by atoms with E-state index < -0.39 is 0 Å². The van der Waals surface area contributed by atoms with Gasteiger partial charge in [-0.2, -0.15) is 0 Å². The zero-order valence-corrected chi connectivity index (χ0v) is 19.3. The lowest BCUT2D eigenvalue weighted by Gasteiger charge is -2.31. The molecule has 1 saturated heterocycles. The molecule has 7 nitrogen and oxygen atoms in total. The van der Waals surface area contributed by atoms with E-state index in [-0.39, 0.29) is 0 Å². The van der Waals surface area contributed by atoms with Crippen molar-refractivity contribution in [1.82, 2.24) is 19.7 Å². The van der Waals surface area contributed by atoms with Gasteiger partial charge < -0.3 is 13.7 Å². The van der Waals surface area contributed by atoms with Crippen LogP contribution in [0.3, 0.4) is 0 Å². The van der Waals surface area contributed by atoms with Crippen molar-refractivity contribution in [1.29, 1.82) is 0 Å². The summed E-state index contributed by atoms with van der Waals surface area (Å²) in [6.07, 6.45) is 5.70. The second-order valence-corrected chi connectivity index (χ2v) is 9.38. The van der Waals surface area contributed by atoms with Gasteiger partial charge in [-0.05, 0) is 43.0 Å². The Hall–Kier alpha value is -2.71. The van der Waals surface area contributed by atoms with Gasteiger partial charge in [-0.25, -0.2) is 4.98 Å². The second-order valence-electron chi connectivity index (χ2n) is 8.03. The van der Waals surface area contributed by atoms with Gasteiger partial charge in [-0.15, -0.1) is 10.2 Å². The maximum atomic E-state index is 6.27. The first-order chi connectivity index (χ1) is 15.7. The summed E-state index contributed by atoms with van der Waals surface area (Å²) in [4.78, 5) is 6.93. The van der Waals surface area contributed by atoms with Crippen LogP contribution in [-0.2, 0) is 12.3 Å². The topological polar surface area (TPSA) is 73.1 Å². The molecule has 9 heteroatoms. The molecule has 0 saturated carbocycles. The van der Waals surface area contributed by atoms with Crippen LogP contribution in [0.4, 0.5) is 5.95 Å². The smallest absolute Gasteiger partial charge is 0.228 e. The third-order valence-electron chi connectivity index (χ3n) is 5.66. The zero-order valence-electron chi connectivity index (χ0n) is 17.8. The maximum Gasteiger partial charge on any atom is 0.228 e. The van der Waals surface area contributed by atoms with Gasteiger partial charge >= 0.3 is 0 Å². The lowest BCUT2D eigenvalue weighted by molar-refractivity contribution is 0.427. The molecule has 1 aliphatic rings. The first-order valence-corrected chi connectivity index (χ1v) is 12.1. The van der Waals surface area contributed by atoms with Gasteiger partial charge in [-0.1, -0.05) is 42.4 Å². The second kappa shape index (κ2) is 9.42. The van der Waals surface area contributed by atoms with E-state index >= 15 is 0 Å². The highest BCUT2D eigenvalue weighted by molar-refractivity contribution is 7.98. The molecule has 0 unspecified atom stereocenters. The van der Waals surface area contributed by atoms with Gasteiger partial charge in [-0.3, -0.25) is 4.57 Å². The van der Waals surface area contributed by atoms with Gasteiger partial charge in [0.1, 0.15) is 12.0 Å². The summed E-state index contributed by atoms with van der Waals surface area (Å²) in [6, 6.07) is 11.4. The van der Waals surface area contributed by atoms with Gasteiger partial charge in [0.2, 0.25) is 11.8 Å². The minimum absolute atomic E-state index is 0.520. The SMILES string of the molecule is CC1CCN(c2nnc(SCc3coc(-c4ccccc4Cl)n3)n2Cc2ccco2)CC1. The largest absolute Gasteiger partial charge is 0.467 e. The molecule has 4 aromatic rings. The number of benzene rings is 1. The maximum absolute atomic E-state index is 6.27. The average Bonchev–Trinajstić information content (AvgIpc) is 3.56. The van der Waals surface area contributed by atoms with Crippen molar-refractivity contribution < 1.29 is 8.83 Å². The van der Waals surface area contributed by atoms with Crippen molar-refractivity contribution in [2.45, 2.75) is 37.2 Å². The molecule has 0 bridgehead atoms. The van der Waals surface area contributed by atoms with Crippen molar-refractivity contribution in [2.75, 3.05) is 18.0 Å². The molecule has 5 rings (SSSR count). The fraction of sp³-hybridized carbons (Fsp3) is 0.348. The molecular weight excluding hydrogens is 446 g/mol. The number of aromatic nitrogens is 4. The number of halogens is 1. The number of anilines is 1. The van der Waals surface area contributed by atoms with E-state index in [0.717, 1.165) is 47.1 Å². The molecule has 0 spiro atoms. The summed E-state index contributed by atoms with van der Waals surface area (Å²) in [6.45, 7) is 4.88. The first-order valence-electron chi connectivity index (χ1n) is 10.7. The molecule has 1 fully saturated rings. The molecular formula is C23H24ClN5O2S. The van der Waals surface area contributed by atoms with Gasteiger partial charge in [0.15, 0.2) is 5.16 Å². The highest BCUT2D eigenvalue weighted by Crippen LogP contribution is 2.31. The summed E-state index contributed by atoms with van der Waals surface area (Å²) < 4.78 is 13.4. The molecule has 1 aromatic carbocycles. The number of oxazole rings is 1. The number of hydrogen-bond acceptors (Lipinski definition) is 7. The Morgan fingerprint density at radius 1 is 1.09 bits per heavy atom. The van der Waals surface area contributed by atoms with Crippen molar-refractivity contribution in [3.05, 3.63) is 65.4 Å². The van der Waals surface area contributed by atoms with Crippen LogP contribution in [0.25, 0.3) is 11.5 Å². The molecule has 0 N–H and O–H groups in total. The van der Waals surface area contributed by atoms with Crippen LogP contribution in [0, 0.1) is 5.92 Å². The summed E-state index contributed by atoms with van der Waals surface area (Å²) >= 11 is 7.86. The summed E-state index contributed by atoms with van der Waals surface area (Å²) in [5, 5.41) is 10.5. The number of nitrogens with zero attached hydrogens (tertiary/aromatic N) is 5. The number of piperidine rings is 1. The Bertz CT molecular complexity index is 1170. The standard InChI is InChI=1S/C23H24ClN5O2S/c1-16-8-10-28(11-9-16)22-26-27-23(29(22)13-18-5-4-12-30-18)32-15-17-14-31-21(25-17)19-6-2-3-7-20(19)24/h2-7,12,14,16H,8-11,13,15H2,1H3. The van der Waals surface area contributed by atoms with Crippen molar-refractivity contribution in [3.63, 3.8) is 0 Å². The average molecular weight is 470 g/mol. The van der Waals surface area contributed by atoms with Crippen LogP contribution in [0.15, 0.2) is 62.9 Å². The normalized spacial score (nSPS) is 14.9. The molecule has 166 valence electrons. The molecule has 0 atom stereocenters. The number of furan rings is 1. The van der Waals surface area contributed by atoms with E-state index in [1.54, 1.807) is 24.3 Å². The summed E-state index contributed by atoms with van der Waals surface area (Å²) in [7, 11) is 0. The van der Waals surface area contributed by atoms with E-state index in [4.69, 9.17) is 20.4 Å². The Kier molecular flexibility index (Phi) is 6.23. The van der Waals surface area contributed by atoms with Crippen molar-refractivity contribution in [2.24, 2.45) is 5.92 Å². The van der Waals surface area contributed by atoms with Gasteiger partial charge in [0.05, 0.1) is 29.1 Å². The molecule has 0 radical (unpaired) electrons. The monoisotopic (exact) mass is 469 g/mol. The van der Waals surface area contributed by atoms with E-state index in [1.807, 2.05) is 36.4 Å². The van der Waals surface area contributed by atoms with Gasteiger partial charge in [0, 0.05) is 18.8 Å². The Labute approximate surface area is 195 Å². The van der Waals surface area contributed by atoms with Crippen LogP contribution in [0.1, 0.15) is 31.2 Å². The quantitative estimate of drug-likeness (QED) is 0.319. The predicted octanol–water partition coefficient (Wildman–Crippen LogP) is 5.76. The van der Waals surface area contributed by atoms with Crippen LogP contribution < -0.4 is 4.90 Å². The van der Waals surface area contributed by atoms with E-state index in [0.29, 0.717) is 23.2 Å². The summed E-state index contributed by atoms with van der Waals surface area (Å²) in [5.41, 5.74) is 1.61. The Morgan fingerprint density at radius 2 is 1.94 bits per heavy atom. The van der Waals surface area contributed by atoms with E-state index in [2.05, 4.69) is 31.6 Å². The summed E-state index contributed by atoms with van der Waals surface area (Å²) in [5.74, 6) is 3.65. The van der Waals surface area contributed by atoms with Crippen molar-refractivity contribution in [3.8, 4) is 11.5 Å². The molecule has 4 heterocycles. The first kappa shape index (κ1) is 21.2. The number of hydrogen-bond donors (Lipinski definition) is 0. The van der Waals surface area contributed by atoms with Crippen LogP contribution in [0.5, 0.6) is 0 Å². The zero-order chi connectivity index (χ0) is 21.9. The molecule has 0 aliphatic carbocycles. The van der Waals surface area contributed by atoms with E-state index in [9.17, 15) is 0 Å². The Balaban J connectivity index is 1.35. The van der Waals surface area contributed by atoms with Crippen LogP contribution in [-0.4, -0.2) is 32.8 Å². The lowest BCUT2D eigenvalue weighted by atomic mass is 10.00. The third-order valence-corrected chi connectivity index (χ3v) is 6.99. The Morgan fingerprint density at radius 3 is 2.72 bits per heavy atom. The fourth-order valence-electron chi connectivity index (χ4n) is 3.80. The predicted molar refractivity (Wildman–Crippen MR) is 125 cm³/mol. The lowest BCUT2D eigenvalue weighted by Crippen LogP contribution is -2.35. The fourth-order valence-corrected chi connectivity index (χ4v) is 4.82. The number of thioether (sulfide) groups is 1. The third kappa shape index (κ3) is 4.56. The van der Waals surface area contributed by atoms with Crippen LogP contribution in [0.2, 0.25) is 5.02 Å².